The lowest BCUT2D eigenvalue weighted by molar-refractivity contribution is -0.260. The minimum Gasteiger partial charge on any atom is -0.347 e. The molecule has 2 N–H and O–H groups in total. The van der Waals surface area contributed by atoms with Crippen LogP contribution >= 0.6 is 0 Å². The average molecular weight is 375 g/mol. The van der Waals surface area contributed by atoms with Crippen LogP contribution in [0.5, 0.6) is 0 Å². The number of H-pyrrole nitrogens is 1. The molecule has 27 heavy (non-hydrogen) atoms. The molecule has 3 saturated carbocycles. The van der Waals surface area contributed by atoms with Gasteiger partial charge in [-0.3, -0.25) is 4.79 Å². The summed E-state index contributed by atoms with van der Waals surface area (Å²) in [5.74, 6) is -1.30. The van der Waals surface area contributed by atoms with Gasteiger partial charge in [-0.15, -0.1) is 0 Å². The van der Waals surface area contributed by atoms with E-state index in [-0.39, 0.29) is 44.9 Å². The molecule has 3 aliphatic carbocycles. The first kappa shape index (κ1) is 18.4. The van der Waals surface area contributed by atoms with Gasteiger partial charge in [0.25, 0.3) is 5.91 Å². The highest BCUT2D eigenvalue weighted by Crippen LogP contribution is 2.74. The van der Waals surface area contributed by atoms with E-state index in [1.807, 2.05) is 0 Å². The van der Waals surface area contributed by atoms with E-state index >= 15 is 0 Å². The SMILES string of the molecule is CC1(C)C2C[C@H](NC(=O)c3cc4c(F)c(F)cnc4[nH]3)C(C)(C)C1C2(C)C. The molecule has 2 bridgehead atoms. The van der Waals surface area contributed by atoms with Crippen LogP contribution in [0.3, 0.4) is 0 Å². The van der Waals surface area contributed by atoms with Crippen LogP contribution in [0.25, 0.3) is 11.0 Å². The predicted molar refractivity (Wildman–Crippen MR) is 100 cm³/mol. The molecule has 2 aromatic rings. The third kappa shape index (κ3) is 2.31. The van der Waals surface area contributed by atoms with Gasteiger partial charge in [0.1, 0.15) is 11.3 Å². The lowest BCUT2D eigenvalue weighted by Gasteiger charge is -2.75. The summed E-state index contributed by atoms with van der Waals surface area (Å²) in [4.78, 5) is 19.5. The van der Waals surface area contributed by atoms with Crippen molar-refractivity contribution in [1.82, 2.24) is 15.3 Å². The van der Waals surface area contributed by atoms with Crippen molar-refractivity contribution in [2.45, 2.75) is 54.0 Å². The van der Waals surface area contributed by atoms with Gasteiger partial charge >= 0.3 is 0 Å². The topological polar surface area (TPSA) is 57.8 Å². The molecule has 6 heteroatoms. The standard InChI is InChI=1S/C21H27F2N3O/c1-19(2)13-8-14(21(5,6)18(19)20(13,3)4)26-17(27)12-7-10-15(23)11(22)9-24-16(10)25-12/h7,9,13-14,18H,8H2,1-6H3,(H,24,25)(H,26,27)/t13?,14-,18?/m0/s1. The number of fused-ring (bicyclic) bond motifs is 3. The highest BCUT2D eigenvalue weighted by Gasteiger charge is 2.70. The number of pyridine rings is 1. The van der Waals surface area contributed by atoms with E-state index in [9.17, 15) is 13.6 Å². The molecule has 1 amide bonds. The smallest absolute Gasteiger partial charge is 0.268 e. The Bertz CT molecular complexity index is 928. The van der Waals surface area contributed by atoms with E-state index in [0.717, 1.165) is 12.6 Å². The monoisotopic (exact) mass is 375 g/mol. The number of carbonyl (C=O) groups excluding carboxylic acids is 1. The maximum atomic E-state index is 13.9. The lowest BCUT2D eigenvalue weighted by Crippen LogP contribution is -2.73. The zero-order valence-corrected chi connectivity index (χ0v) is 16.7. The summed E-state index contributed by atoms with van der Waals surface area (Å²) in [6.45, 7) is 13.8. The molecule has 0 radical (unpaired) electrons. The second-order valence-corrected chi connectivity index (χ2v) is 10.1. The van der Waals surface area contributed by atoms with Crippen molar-refractivity contribution in [3.05, 3.63) is 29.6 Å². The van der Waals surface area contributed by atoms with Gasteiger partial charge in [0.05, 0.1) is 11.6 Å². The first-order chi connectivity index (χ1) is 12.4. The third-order valence-electron chi connectivity index (χ3n) is 7.50. The van der Waals surface area contributed by atoms with Crippen molar-refractivity contribution < 1.29 is 13.6 Å². The number of nitrogens with zero attached hydrogens (tertiary/aromatic N) is 1. The van der Waals surface area contributed by atoms with Crippen molar-refractivity contribution in [3.63, 3.8) is 0 Å². The molecule has 3 aliphatic rings. The Morgan fingerprint density at radius 1 is 1.15 bits per heavy atom. The first-order valence-corrected chi connectivity index (χ1v) is 9.52. The van der Waals surface area contributed by atoms with Crippen molar-refractivity contribution in [2.24, 2.45) is 28.1 Å². The van der Waals surface area contributed by atoms with Gasteiger partial charge < -0.3 is 10.3 Å². The Hall–Kier alpha value is -1.98. The van der Waals surface area contributed by atoms with Crippen LogP contribution in [0.15, 0.2) is 12.3 Å². The Balaban J connectivity index is 1.60. The molecule has 0 aromatic carbocycles. The number of hydrogen-bond donors (Lipinski definition) is 2. The number of carbonyl (C=O) groups is 1. The van der Waals surface area contributed by atoms with E-state index in [1.165, 1.54) is 6.07 Å². The van der Waals surface area contributed by atoms with Gasteiger partial charge in [0, 0.05) is 6.04 Å². The van der Waals surface area contributed by atoms with Gasteiger partial charge in [-0.2, -0.15) is 0 Å². The molecule has 0 unspecified atom stereocenters. The molecule has 0 aliphatic heterocycles. The van der Waals surface area contributed by atoms with Crippen LogP contribution in [0.1, 0.15) is 58.5 Å². The third-order valence-corrected chi connectivity index (χ3v) is 7.50. The Kier molecular flexibility index (Phi) is 3.61. The van der Waals surface area contributed by atoms with E-state index < -0.39 is 11.6 Å². The summed E-state index contributed by atoms with van der Waals surface area (Å²) in [6, 6.07) is 1.36. The minimum absolute atomic E-state index is 0.00633. The zero-order valence-electron chi connectivity index (χ0n) is 16.7. The van der Waals surface area contributed by atoms with Crippen LogP contribution in [-0.4, -0.2) is 21.9 Å². The number of amides is 1. The fourth-order valence-corrected chi connectivity index (χ4v) is 7.11. The van der Waals surface area contributed by atoms with Crippen LogP contribution in [0.4, 0.5) is 8.78 Å². The molecule has 0 spiro atoms. The predicted octanol–water partition coefficient (Wildman–Crippen LogP) is 4.67. The van der Waals surface area contributed by atoms with Crippen LogP contribution in [0, 0.1) is 39.7 Å². The molecular weight excluding hydrogens is 348 g/mol. The Labute approximate surface area is 158 Å². The highest BCUT2D eigenvalue weighted by atomic mass is 19.2. The van der Waals surface area contributed by atoms with E-state index in [0.29, 0.717) is 11.8 Å². The molecule has 0 saturated heterocycles. The van der Waals surface area contributed by atoms with E-state index in [2.05, 4.69) is 56.8 Å². The summed E-state index contributed by atoms with van der Waals surface area (Å²) in [5.41, 5.74) is 0.807. The summed E-state index contributed by atoms with van der Waals surface area (Å²) in [5, 5.41) is 3.14. The molecule has 3 fully saturated rings. The summed E-state index contributed by atoms with van der Waals surface area (Å²) in [6.07, 6.45) is 1.73. The number of hydrogen-bond acceptors (Lipinski definition) is 2. The van der Waals surface area contributed by atoms with Gasteiger partial charge in [0.2, 0.25) is 0 Å². The van der Waals surface area contributed by atoms with Crippen LogP contribution < -0.4 is 5.32 Å². The first-order valence-electron chi connectivity index (χ1n) is 9.52. The van der Waals surface area contributed by atoms with Crippen molar-refractivity contribution in [2.75, 3.05) is 0 Å². The summed E-state index contributed by atoms with van der Waals surface area (Å²) < 4.78 is 27.3. The van der Waals surface area contributed by atoms with E-state index in [1.54, 1.807) is 0 Å². The van der Waals surface area contributed by atoms with E-state index in [4.69, 9.17) is 0 Å². The molecule has 2 heterocycles. The van der Waals surface area contributed by atoms with Gasteiger partial charge in [-0.25, -0.2) is 13.8 Å². The van der Waals surface area contributed by atoms with Gasteiger partial charge in [-0.1, -0.05) is 41.5 Å². The summed E-state index contributed by atoms with van der Waals surface area (Å²) >= 11 is 0. The number of aromatic amines is 1. The zero-order chi connectivity index (χ0) is 19.9. The van der Waals surface area contributed by atoms with Gasteiger partial charge in [-0.05, 0) is 40.6 Å². The van der Waals surface area contributed by atoms with Crippen LogP contribution in [-0.2, 0) is 0 Å². The molecule has 5 rings (SSSR count). The fraction of sp³-hybridized carbons (Fsp3) is 0.619. The van der Waals surface area contributed by atoms with Crippen molar-refractivity contribution in [1.29, 1.82) is 0 Å². The second-order valence-electron chi connectivity index (χ2n) is 10.1. The Morgan fingerprint density at radius 2 is 1.78 bits per heavy atom. The minimum atomic E-state index is -1.02. The van der Waals surface area contributed by atoms with Crippen molar-refractivity contribution in [3.8, 4) is 0 Å². The molecule has 4 nitrogen and oxygen atoms in total. The Morgan fingerprint density at radius 3 is 2.37 bits per heavy atom. The lowest BCUT2D eigenvalue weighted by atomic mass is 9.30. The summed E-state index contributed by atoms with van der Waals surface area (Å²) in [7, 11) is 0. The van der Waals surface area contributed by atoms with Crippen LogP contribution in [0.2, 0.25) is 0 Å². The second kappa shape index (κ2) is 5.30. The number of halogens is 2. The molecule has 2 aromatic heterocycles. The largest absolute Gasteiger partial charge is 0.347 e. The number of rotatable bonds is 2. The number of aromatic nitrogens is 2. The highest BCUT2D eigenvalue weighted by molar-refractivity contribution is 5.97. The normalized spacial score (nSPS) is 30.0. The molecule has 146 valence electrons. The average Bonchev–Trinajstić information content (AvgIpc) is 2.97. The maximum Gasteiger partial charge on any atom is 0.268 e. The fourth-order valence-electron chi connectivity index (χ4n) is 7.11. The maximum absolute atomic E-state index is 13.9. The molecular formula is C21H27F2N3O. The molecule has 1 atom stereocenters. The van der Waals surface area contributed by atoms with Gasteiger partial charge in [0.15, 0.2) is 11.6 Å². The van der Waals surface area contributed by atoms with Crippen molar-refractivity contribution >= 4 is 16.9 Å². The quantitative estimate of drug-likeness (QED) is 0.801. The number of nitrogens with one attached hydrogen (secondary N) is 2.